The summed E-state index contributed by atoms with van der Waals surface area (Å²) in [5.74, 6) is 0.208. The Morgan fingerprint density at radius 1 is 1.13 bits per heavy atom. The quantitative estimate of drug-likeness (QED) is 0.416. The molecule has 23 heavy (non-hydrogen) atoms. The van der Waals surface area contributed by atoms with Gasteiger partial charge in [0.25, 0.3) is 0 Å². The molecule has 0 amide bonds. The number of phenolic OH excluding ortho intramolecular Hbond substituents is 1. The molecule has 3 aromatic heterocycles. The van der Waals surface area contributed by atoms with Crippen molar-refractivity contribution < 1.29 is 9.63 Å². The smallest absolute Gasteiger partial charge is 0.180 e. The Morgan fingerprint density at radius 3 is 2.74 bits per heavy atom. The van der Waals surface area contributed by atoms with E-state index >= 15 is 0 Å². The van der Waals surface area contributed by atoms with Crippen LogP contribution in [-0.4, -0.2) is 25.4 Å². The van der Waals surface area contributed by atoms with Gasteiger partial charge < -0.3 is 21.1 Å². The zero-order valence-electron chi connectivity index (χ0n) is 11.8. The standard InChI is InChI=1S/C15H12N6O2/c16-8-1-2-9(11(22)3-8)13-12-14(23-21-15(12)17)10(6-18-13)7-4-19-20-5-7/h1-6,22H,16H2,(H2,17,21)(H,19,20). The lowest BCUT2D eigenvalue weighted by Crippen LogP contribution is -1.92. The van der Waals surface area contributed by atoms with Crippen molar-refractivity contribution in [2.45, 2.75) is 0 Å². The Labute approximate surface area is 129 Å². The Morgan fingerprint density at radius 2 is 2.00 bits per heavy atom. The average Bonchev–Trinajstić information content (AvgIpc) is 3.17. The number of H-pyrrole nitrogens is 1. The molecule has 8 heteroatoms. The Balaban J connectivity index is 2.03. The number of nitrogen functional groups attached to an aromatic ring is 2. The van der Waals surface area contributed by atoms with Crippen LogP contribution in [0.3, 0.4) is 0 Å². The predicted molar refractivity (Wildman–Crippen MR) is 85.3 cm³/mol. The first-order valence-corrected chi connectivity index (χ1v) is 6.77. The topological polar surface area (TPSA) is 140 Å². The number of nitrogens with one attached hydrogen (secondary N) is 1. The van der Waals surface area contributed by atoms with Gasteiger partial charge in [0.15, 0.2) is 11.4 Å². The lowest BCUT2D eigenvalue weighted by atomic mass is 10.0. The number of benzene rings is 1. The van der Waals surface area contributed by atoms with Gasteiger partial charge in [-0.15, -0.1) is 0 Å². The van der Waals surface area contributed by atoms with Crippen molar-refractivity contribution in [1.82, 2.24) is 20.3 Å². The van der Waals surface area contributed by atoms with Gasteiger partial charge in [0.05, 0.1) is 17.3 Å². The highest BCUT2D eigenvalue weighted by Gasteiger charge is 2.20. The Bertz CT molecular complexity index is 1010. The second-order valence-corrected chi connectivity index (χ2v) is 5.06. The van der Waals surface area contributed by atoms with E-state index in [9.17, 15) is 5.11 Å². The van der Waals surface area contributed by atoms with Crippen LogP contribution >= 0.6 is 0 Å². The van der Waals surface area contributed by atoms with Crippen LogP contribution in [0.5, 0.6) is 5.75 Å². The highest BCUT2D eigenvalue weighted by molar-refractivity contribution is 6.05. The number of aromatic amines is 1. The number of anilines is 2. The van der Waals surface area contributed by atoms with E-state index in [4.69, 9.17) is 16.0 Å². The molecule has 0 saturated heterocycles. The number of aromatic nitrogens is 4. The van der Waals surface area contributed by atoms with Crippen molar-refractivity contribution in [2.75, 3.05) is 11.5 Å². The lowest BCUT2D eigenvalue weighted by Gasteiger charge is -2.07. The summed E-state index contributed by atoms with van der Waals surface area (Å²) in [5.41, 5.74) is 15.0. The molecule has 0 aliphatic heterocycles. The highest BCUT2D eigenvalue weighted by atomic mass is 16.5. The third kappa shape index (κ3) is 1.96. The van der Waals surface area contributed by atoms with Gasteiger partial charge in [-0.05, 0) is 12.1 Å². The van der Waals surface area contributed by atoms with Gasteiger partial charge >= 0.3 is 0 Å². The third-order valence-corrected chi connectivity index (χ3v) is 3.61. The number of hydrogen-bond donors (Lipinski definition) is 4. The molecule has 3 heterocycles. The van der Waals surface area contributed by atoms with Crippen LogP contribution in [0, 0.1) is 0 Å². The van der Waals surface area contributed by atoms with Crippen LogP contribution in [0.1, 0.15) is 0 Å². The molecule has 0 radical (unpaired) electrons. The SMILES string of the molecule is Nc1ccc(-c2ncc(-c3cn[nH]c3)c3onc(N)c23)c(O)c1. The summed E-state index contributed by atoms with van der Waals surface area (Å²) in [6, 6.07) is 4.81. The Hall–Kier alpha value is -3.55. The monoisotopic (exact) mass is 308 g/mol. The maximum absolute atomic E-state index is 10.2. The van der Waals surface area contributed by atoms with Crippen molar-refractivity contribution >= 4 is 22.5 Å². The zero-order valence-corrected chi connectivity index (χ0v) is 11.8. The normalized spacial score (nSPS) is 11.1. The summed E-state index contributed by atoms with van der Waals surface area (Å²) in [6.45, 7) is 0. The molecule has 0 atom stereocenters. The van der Waals surface area contributed by atoms with Crippen molar-refractivity contribution in [1.29, 1.82) is 0 Å². The molecule has 0 aliphatic rings. The van der Waals surface area contributed by atoms with E-state index in [-0.39, 0.29) is 11.6 Å². The van der Waals surface area contributed by atoms with E-state index < -0.39 is 0 Å². The van der Waals surface area contributed by atoms with Gasteiger partial charge in [-0.25, -0.2) is 0 Å². The number of nitrogens with zero attached hydrogens (tertiary/aromatic N) is 3. The van der Waals surface area contributed by atoms with Gasteiger partial charge in [0.2, 0.25) is 0 Å². The van der Waals surface area contributed by atoms with Crippen molar-refractivity contribution in [3.8, 4) is 28.1 Å². The van der Waals surface area contributed by atoms with Gasteiger partial charge in [-0.2, -0.15) is 5.10 Å². The van der Waals surface area contributed by atoms with Crippen molar-refractivity contribution in [2.24, 2.45) is 0 Å². The number of nitrogens with two attached hydrogens (primary N) is 2. The summed E-state index contributed by atoms with van der Waals surface area (Å²) in [7, 11) is 0. The summed E-state index contributed by atoms with van der Waals surface area (Å²) >= 11 is 0. The van der Waals surface area contributed by atoms with Crippen molar-refractivity contribution in [3.05, 3.63) is 36.8 Å². The number of aromatic hydroxyl groups is 1. The number of rotatable bonds is 2. The third-order valence-electron chi connectivity index (χ3n) is 3.61. The zero-order chi connectivity index (χ0) is 16.0. The first kappa shape index (κ1) is 13.1. The molecule has 4 rings (SSSR count). The van der Waals surface area contributed by atoms with E-state index in [1.807, 2.05) is 0 Å². The molecule has 114 valence electrons. The Kier molecular flexibility index (Phi) is 2.70. The van der Waals surface area contributed by atoms with E-state index in [1.165, 1.54) is 6.07 Å². The summed E-state index contributed by atoms with van der Waals surface area (Å²) in [6.07, 6.45) is 4.99. The maximum atomic E-state index is 10.2. The van der Waals surface area contributed by atoms with Gasteiger partial charge in [-0.1, -0.05) is 5.16 Å². The number of phenols is 1. The minimum atomic E-state index is 0.00969. The molecule has 0 bridgehead atoms. The van der Waals surface area contributed by atoms with E-state index in [1.54, 1.807) is 30.7 Å². The molecule has 0 spiro atoms. The van der Waals surface area contributed by atoms with E-state index in [0.717, 1.165) is 5.56 Å². The van der Waals surface area contributed by atoms with Gasteiger partial charge in [-0.3, -0.25) is 10.1 Å². The second-order valence-electron chi connectivity index (χ2n) is 5.06. The van der Waals surface area contributed by atoms with Crippen LogP contribution in [0.25, 0.3) is 33.4 Å². The summed E-state index contributed by atoms with van der Waals surface area (Å²) in [5, 5.41) is 21.2. The fraction of sp³-hybridized carbons (Fsp3) is 0. The van der Waals surface area contributed by atoms with E-state index in [0.29, 0.717) is 33.5 Å². The molecule has 8 nitrogen and oxygen atoms in total. The number of fused-ring (bicyclic) bond motifs is 1. The molecule has 1 aromatic carbocycles. The van der Waals surface area contributed by atoms with Crippen LogP contribution in [0.4, 0.5) is 11.5 Å². The second kappa shape index (κ2) is 4.73. The lowest BCUT2D eigenvalue weighted by molar-refractivity contribution is 0.461. The number of pyridine rings is 1. The fourth-order valence-electron chi connectivity index (χ4n) is 2.52. The largest absolute Gasteiger partial charge is 0.507 e. The van der Waals surface area contributed by atoms with Crippen LogP contribution in [-0.2, 0) is 0 Å². The van der Waals surface area contributed by atoms with Crippen molar-refractivity contribution in [3.63, 3.8) is 0 Å². The molecule has 0 unspecified atom stereocenters. The van der Waals surface area contributed by atoms with Crippen LogP contribution in [0.15, 0.2) is 41.3 Å². The average molecular weight is 308 g/mol. The van der Waals surface area contributed by atoms with Crippen LogP contribution in [0.2, 0.25) is 0 Å². The van der Waals surface area contributed by atoms with Gasteiger partial charge in [0.1, 0.15) is 5.75 Å². The molecular weight excluding hydrogens is 296 g/mol. The first-order chi connectivity index (χ1) is 11.1. The highest BCUT2D eigenvalue weighted by Crippen LogP contribution is 2.39. The minimum absolute atomic E-state index is 0.00969. The summed E-state index contributed by atoms with van der Waals surface area (Å²) in [4.78, 5) is 4.43. The van der Waals surface area contributed by atoms with E-state index in [2.05, 4.69) is 20.3 Å². The molecule has 0 fully saturated rings. The molecular formula is C15H12N6O2. The first-order valence-electron chi connectivity index (χ1n) is 6.77. The minimum Gasteiger partial charge on any atom is -0.507 e. The maximum Gasteiger partial charge on any atom is 0.180 e. The van der Waals surface area contributed by atoms with Crippen LogP contribution < -0.4 is 11.5 Å². The van der Waals surface area contributed by atoms with Gasteiger partial charge in [0, 0.05) is 40.8 Å². The fourth-order valence-corrected chi connectivity index (χ4v) is 2.52. The number of hydrogen-bond acceptors (Lipinski definition) is 7. The summed E-state index contributed by atoms with van der Waals surface area (Å²) < 4.78 is 5.37. The molecule has 0 saturated carbocycles. The molecule has 4 aromatic rings. The molecule has 6 N–H and O–H groups in total. The predicted octanol–water partition coefficient (Wildman–Crippen LogP) is 2.15. The molecule has 0 aliphatic carbocycles.